The van der Waals surface area contributed by atoms with Gasteiger partial charge in [0, 0.05) is 12.6 Å². The molecule has 0 aliphatic rings. The van der Waals surface area contributed by atoms with E-state index in [9.17, 15) is 0 Å². The molecule has 0 heterocycles. The van der Waals surface area contributed by atoms with Gasteiger partial charge in [-0.2, -0.15) is 0 Å². The summed E-state index contributed by atoms with van der Waals surface area (Å²) in [6.07, 6.45) is 3.60. The van der Waals surface area contributed by atoms with E-state index < -0.39 is 0 Å². The lowest BCUT2D eigenvalue weighted by atomic mass is 9.93. The van der Waals surface area contributed by atoms with E-state index in [1.165, 1.54) is 12.8 Å². The van der Waals surface area contributed by atoms with Gasteiger partial charge in [0.2, 0.25) is 0 Å². The van der Waals surface area contributed by atoms with Crippen LogP contribution in [0.1, 0.15) is 33.1 Å². The Hall–Kier alpha value is -0.120. The molecular weight excluding hydrogens is 186 g/mol. The Balaban J connectivity index is 3.92. The van der Waals surface area contributed by atoms with Crippen molar-refractivity contribution in [2.75, 3.05) is 33.7 Å². The van der Waals surface area contributed by atoms with E-state index in [-0.39, 0.29) is 0 Å². The molecule has 15 heavy (non-hydrogen) atoms. The van der Waals surface area contributed by atoms with E-state index >= 15 is 0 Å². The monoisotopic (exact) mass is 215 g/mol. The summed E-state index contributed by atoms with van der Waals surface area (Å²) >= 11 is 0. The lowest BCUT2D eigenvalue weighted by molar-refractivity contribution is 0.194. The molecule has 0 aromatic heterocycles. The molecule has 0 fully saturated rings. The van der Waals surface area contributed by atoms with Crippen LogP contribution in [0.5, 0.6) is 0 Å². The molecule has 0 spiro atoms. The molecule has 0 amide bonds. The van der Waals surface area contributed by atoms with Crippen LogP contribution in [0.15, 0.2) is 0 Å². The number of nitrogens with two attached hydrogens (primary N) is 1. The molecule has 0 saturated heterocycles. The van der Waals surface area contributed by atoms with Gasteiger partial charge in [0.1, 0.15) is 0 Å². The number of hydrogen-bond acceptors (Lipinski definition) is 3. The zero-order valence-corrected chi connectivity index (χ0v) is 10.9. The first-order valence-corrected chi connectivity index (χ1v) is 6.24. The summed E-state index contributed by atoms with van der Waals surface area (Å²) in [5.41, 5.74) is 5.47. The summed E-state index contributed by atoms with van der Waals surface area (Å²) in [5.74, 6) is 0.797. The Morgan fingerprint density at radius 3 is 2.20 bits per heavy atom. The molecular formula is C12H29N3. The fourth-order valence-corrected chi connectivity index (χ4v) is 2.08. The lowest BCUT2D eigenvalue weighted by Crippen LogP contribution is -2.43. The van der Waals surface area contributed by atoms with Gasteiger partial charge < -0.3 is 16.0 Å². The molecule has 92 valence electrons. The van der Waals surface area contributed by atoms with Crippen molar-refractivity contribution in [1.29, 1.82) is 0 Å². The van der Waals surface area contributed by atoms with Crippen LogP contribution in [-0.2, 0) is 0 Å². The zero-order valence-electron chi connectivity index (χ0n) is 10.9. The highest BCUT2D eigenvalue weighted by Gasteiger charge is 2.19. The zero-order chi connectivity index (χ0) is 11.7. The molecule has 0 aromatic rings. The number of nitrogens with one attached hydrogen (secondary N) is 1. The van der Waals surface area contributed by atoms with Crippen LogP contribution in [0.4, 0.5) is 0 Å². The molecule has 0 aliphatic heterocycles. The summed E-state index contributed by atoms with van der Waals surface area (Å²) in [6, 6.07) is 0.651. The lowest BCUT2D eigenvalue weighted by Gasteiger charge is -2.31. The van der Waals surface area contributed by atoms with E-state index in [4.69, 9.17) is 5.73 Å². The maximum absolute atomic E-state index is 5.47. The molecule has 0 rings (SSSR count). The Morgan fingerprint density at radius 1 is 1.20 bits per heavy atom. The van der Waals surface area contributed by atoms with Crippen molar-refractivity contribution in [3.8, 4) is 0 Å². The molecule has 3 N–H and O–H groups in total. The van der Waals surface area contributed by atoms with Crippen molar-refractivity contribution in [1.82, 2.24) is 10.2 Å². The molecule has 1 atom stereocenters. The fraction of sp³-hybridized carbons (Fsp3) is 1.00. The largest absolute Gasteiger partial charge is 0.330 e. The minimum absolute atomic E-state index is 0.651. The first-order chi connectivity index (χ1) is 7.17. The predicted octanol–water partition coefficient (Wildman–Crippen LogP) is 1.29. The van der Waals surface area contributed by atoms with Crippen LogP contribution < -0.4 is 11.1 Å². The molecule has 0 aliphatic carbocycles. The number of likely N-dealkylation sites (N-methyl/N-ethyl adjacent to an activating group) is 1. The summed E-state index contributed by atoms with van der Waals surface area (Å²) in [7, 11) is 4.35. The van der Waals surface area contributed by atoms with Crippen LogP contribution in [0.3, 0.4) is 0 Å². The van der Waals surface area contributed by atoms with Crippen molar-refractivity contribution in [3.63, 3.8) is 0 Å². The molecule has 1 unspecified atom stereocenters. The van der Waals surface area contributed by atoms with E-state index in [1.54, 1.807) is 0 Å². The molecule has 0 bridgehead atoms. The molecule has 3 heteroatoms. The highest BCUT2D eigenvalue weighted by atomic mass is 15.1. The number of rotatable bonds is 9. The van der Waals surface area contributed by atoms with Gasteiger partial charge in [-0.15, -0.1) is 0 Å². The molecule has 0 aromatic carbocycles. The van der Waals surface area contributed by atoms with Crippen molar-refractivity contribution in [2.45, 2.75) is 39.2 Å². The predicted molar refractivity (Wildman–Crippen MR) is 68.1 cm³/mol. The number of hydrogen-bond donors (Lipinski definition) is 2. The van der Waals surface area contributed by atoms with E-state index in [0.717, 1.165) is 32.0 Å². The van der Waals surface area contributed by atoms with E-state index in [1.807, 2.05) is 0 Å². The van der Waals surface area contributed by atoms with Crippen LogP contribution in [0.25, 0.3) is 0 Å². The van der Waals surface area contributed by atoms with Gasteiger partial charge >= 0.3 is 0 Å². The highest BCUT2D eigenvalue weighted by molar-refractivity contribution is 4.76. The maximum atomic E-state index is 5.47. The first kappa shape index (κ1) is 14.9. The third-order valence-electron chi connectivity index (χ3n) is 3.17. The van der Waals surface area contributed by atoms with Crippen molar-refractivity contribution >= 4 is 0 Å². The van der Waals surface area contributed by atoms with Crippen LogP contribution in [-0.4, -0.2) is 44.7 Å². The van der Waals surface area contributed by atoms with Crippen LogP contribution in [0.2, 0.25) is 0 Å². The third-order valence-corrected chi connectivity index (χ3v) is 3.17. The fourth-order valence-electron chi connectivity index (χ4n) is 2.08. The normalized spacial score (nSPS) is 13.8. The van der Waals surface area contributed by atoms with Gasteiger partial charge in [0.15, 0.2) is 0 Å². The first-order valence-electron chi connectivity index (χ1n) is 6.24. The molecule has 3 nitrogen and oxygen atoms in total. The summed E-state index contributed by atoms with van der Waals surface area (Å²) in [5, 5.41) is 3.50. The maximum Gasteiger partial charge on any atom is 0.0242 e. The highest BCUT2D eigenvalue weighted by Crippen LogP contribution is 2.16. The Labute approximate surface area is 95.4 Å². The van der Waals surface area contributed by atoms with Crippen LogP contribution >= 0.6 is 0 Å². The van der Waals surface area contributed by atoms with Gasteiger partial charge in [-0.1, -0.05) is 26.7 Å². The van der Waals surface area contributed by atoms with Gasteiger partial charge in [-0.3, -0.25) is 0 Å². The molecule has 0 saturated carbocycles. The topological polar surface area (TPSA) is 41.3 Å². The Morgan fingerprint density at radius 2 is 1.80 bits per heavy atom. The average molecular weight is 215 g/mol. The van der Waals surface area contributed by atoms with Gasteiger partial charge in [-0.25, -0.2) is 0 Å². The summed E-state index contributed by atoms with van der Waals surface area (Å²) in [6.45, 7) is 7.47. The standard InChI is InChI=1S/C12H29N3/c1-5-11(6-2)12(15(3)4)10-14-9-7-8-13/h11-12,14H,5-10,13H2,1-4H3. The van der Waals surface area contributed by atoms with Gasteiger partial charge in [0.25, 0.3) is 0 Å². The third kappa shape index (κ3) is 6.13. The summed E-state index contributed by atoms with van der Waals surface area (Å²) < 4.78 is 0. The van der Waals surface area contributed by atoms with Crippen molar-refractivity contribution in [3.05, 3.63) is 0 Å². The van der Waals surface area contributed by atoms with Crippen molar-refractivity contribution in [2.24, 2.45) is 11.7 Å². The minimum Gasteiger partial charge on any atom is -0.330 e. The van der Waals surface area contributed by atoms with E-state index in [2.05, 4.69) is 38.2 Å². The smallest absolute Gasteiger partial charge is 0.0242 e. The summed E-state index contributed by atoms with van der Waals surface area (Å²) in [4.78, 5) is 2.34. The van der Waals surface area contributed by atoms with E-state index in [0.29, 0.717) is 6.04 Å². The second-order valence-electron chi connectivity index (χ2n) is 4.45. The number of nitrogens with zero attached hydrogens (tertiary/aromatic N) is 1. The molecule has 0 radical (unpaired) electrons. The van der Waals surface area contributed by atoms with Gasteiger partial charge in [0.05, 0.1) is 0 Å². The Kier molecular flexibility index (Phi) is 9.06. The average Bonchev–Trinajstić information content (AvgIpc) is 2.22. The second kappa shape index (κ2) is 9.13. The van der Waals surface area contributed by atoms with Crippen molar-refractivity contribution < 1.29 is 0 Å². The minimum atomic E-state index is 0.651. The van der Waals surface area contributed by atoms with Crippen LogP contribution in [0, 0.1) is 5.92 Å². The van der Waals surface area contributed by atoms with Gasteiger partial charge in [-0.05, 0) is 39.5 Å². The Bertz CT molecular complexity index is 133. The SMILES string of the molecule is CCC(CC)C(CNCCCN)N(C)C. The second-order valence-corrected chi connectivity index (χ2v) is 4.45. The quantitative estimate of drug-likeness (QED) is 0.570.